The van der Waals surface area contributed by atoms with Gasteiger partial charge in [0.2, 0.25) is 0 Å². The number of Topliss-reactive ketones (excluding diaryl/α,β-unsaturated/α-hetero) is 2. The number of hydrogen-bond donors (Lipinski definition) is 1. The third kappa shape index (κ3) is 7.23. The second-order valence-corrected chi connectivity index (χ2v) is 14.8. The van der Waals surface area contributed by atoms with Crippen LogP contribution in [0.4, 0.5) is 8.78 Å². The zero-order valence-corrected chi connectivity index (χ0v) is 26.6. The molecule has 0 bridgehead atoms. The van der Waals surface area contributed by atoms with Crippen LogP contribution < -0.4 is 0 Å². The summed E-state index contributed by atoms with van der Waals surface area (Å²) in [6.07, 6.45) is 3.56. The lowest BCUT2D eigenvalue weighted by molar-refractivity contribution is -0.128. The Bertz CT molecular complexity index is 1620. The van der Waals surface area contributed by atoms with Crippen LogP contribution in [0.5, 0.6) is 0 Å². The highest BCUT2D eigenvalue weighted by Gasteiger charge is 2.49. The Balaban J connectivity index is 1.33. The van der Waals surface area contributed by atoms with Crippen molar-refractivity contribution in [3.05, 3.63) is 69.2 Å². The fourth-order valence-electron chi connectivity index (χ4n) is 6.59. The number of aliphatic hydroxyl groups is 1. The maximum atomic E-state index is 14.3. The molecule has 1 saturated carbocycles. The first-order chi connectivity index (χ1) is 20.7. The standard InChI is InChI=1S/C33H35ClF2N4O3S/c1-31(2,21-10-20(17-37)11-22(34)12-21)14-25(41)15-33(18-40(19-33)24-6-8-32(3,43)9-7-24)16-28(42)30-39-38-29(44-30)26-5-4-23(35)13-27(26)36/h4-5,10-13,24,43H,6-9,14-16,18-19H2,1-3H3. The number of halogens is 3. The van der Waals surface area contributed by atoms with Crippen LogP contribution in [0, 0.1) is 28.4 Å². The maximum absolute atomic E-state index is 14.3. The molecule has 2 aliphatic rings. The molecule has 1 aliphatic heterocycles. The molecule has 0 unspecified atom stereocenters. The van der Waals surface area contributed by atoms with E-state index in [1.807, 2.05) is 20.8 Å². The van der Waals surface area contributed by atoms with Gasteiger partial charge in [-0.1, -0.05) is 36.8 Å². The molecule has 0 amide bonds. The molecule has 11 heteroatoms. The van der Waals surface area contributed by atoms with Crippen molar-refractivity contribution < 1.29 is 23.5 Å². The first-order valence-electron chi connectivity index (χ1n) is 14.7. The smallest absolute Gasteiger partial charge is 0.194 e. The fourth-order valence-corrected chi connectivity index (χ4v) is 7.64. The Kier molecular flexibility index (Phi) is 9.07. The number of benzene rings is 2. The average molecular weight is 641 g/mol. The molecular formula is C33H35ClF2N4O3S. The van der Waals surface area contributed by atoms with Crippen molar-refractivity contribution in [2.24, 2.45) is 5.41 Å². The Hall–Kier alpha value is -3.10. The summed E-state index contributed by atoms with van der Waals surface area (Å²) in [5, 5.41) is 28.5. The van der Waals surface area contributed by atoms with E-state index in [0.29, 0.717) is 36.5 Å². The molecule has 2 heterocycles. The number of ketones is 2. The first kappa shape index (κ1) is 32.3. The molecule has 7 nitrogen and oxygen atoms in total. The molecule has 0 atom stereocenters. The number of nitriles is 1. The molecule has 1 saturated heterocycles. The summed E-state index contributed by atoms with van der Waals surface area (Å²) in [7, 11) is 0. The maximum Gasteiger partial charge on any atom is 0.194 e. The number of aromatic nitrogens is 2. The van der Waals surface area contributed by atoms with E-state index in [2.05, 4.69) is 21.2 Å². The largest absolute Gasteiger partial charge is 0.390 e. The van der Waals surface area contributed by atoms with Crippen LogP contribution in [-0.2, 0) is 10.2 Å². The molecular weight excluding hydrogens is 606 g/mol. The summed E-state index contributed by atoms with van der Waals surface area (Å²) in [6.45, 7) is 6.86. The predicted molar refractivity (Wildman–Crippen MR) is 165 cm³/mol. The van der Waals surface area contributed by atoms with Gasteiger partial charge < -0.3 is 5.11 Å². The topological polar surface area (TPSA) is 107 Å². The van der Waals surface area contributed by atoms with Gasteiger partial charge >= 0.3 is 0 Å². The lowest BCUT2D eigenvalue weighted by atomic mass is 9.68. The van der Waals surface area contributed by atoms with Crippen molar-refractivity contribution in [2.45, 2.75) is 82.8 Å². The molecule has 1 aromatic heterocycles. The van der Waals surface area contributed by atoms with Gasteiger partial charge in [-0.25, -0.2) is 8.78 Å². The van der Waals surface area contributed by atoms with Crippen LogP contribution >= 0.6 is 22.9 Å². The molecule has 1 aliphatic carbocycles. The van der Waals surface area contributed by atoms with Gasteiger partial charge in [0.05, 0.1) is 17.2 Å². The number of carbonyl (C=O) groups is 2. The van der Waals surface area contributed by atoms with Crippen LogP contribution in [0.3, 0.4) is 0 Å². The molecule has 2 fully saturated rings. The minimum atomic E-state index is -0.785. The summed E-state index contributed by atoms with van der Waals surface area (Å²) >= 11 is 7.20. The van der Waals surface area contributed by atoms with Crippen molar-refractivity contribution in [3.63, 3.8) is 0 Å². The second-order valence-electron chi connectivity index (χ2n) is 13.4. The summed E-state index contributed by atoms with van der Waals surface area (Å²) in [4.78, 5) is 29.5. The third-order valence-electron chi connectivity index (χ3n) is 9.01. The van der Waals surface area contributed by atoms with Crippen LogP contribution in [0.15, 0.2) is 36.4 Å². The first-order valence-corrected chi connectivity index (χ1v) is 15.9. The zero-order chi connectivity index (χ0) is 31.9. The highest BCUT2D eigenvalue weighted by Crippen LogP contribution is 2.45. The van der Waals surface area contributed by atoms with Gasteiger partial charge in [-0.3, -0.25) is 14.5 Å². The quantitative estimate of drug-likeness (QED) is 0.240. The van der Waals surface area contributed by atoms with Crippen molar-refractivity contribution in [3.8, 4) is 16.6 Å². The number of carbonyl (C=O) groups excluding carboxylic acids is 2. The Morgan fingerprint density at radius 2 is 1.84 bits per heavy atom. The predicted octanol–water partition coefficient (Wildman–Crippen LogP) is 6.90. The van der Waals surface area contributed by atoms with Crippen LogP contribution in [0.25, 0.3) is 10.6 Å². The molecule has 3 aromatic rings. The molecule has 0 radical (unpaired) electrons. The van der Waals surface area contributed by atoms with E-state index >= 15 is 0 Å². The van der Waals surface area contributed by atoms with E-state index in [0.717, 1.165) is 41.9 Å². The minimum absolute atomic E-state index is 0.00107. The third-order valence-corrected chi connectivity index (χ3v) is 10.2. The van der Waals surface area contributed by atoms with E-state index in [9.17, 15) is 28.7 Å². The Morgan fingerprint density at radius 3 is 2.50 bits per heavy atom. The normalized spacial score (nSPS) is 21.8. The van der Waals surface area contributed by atoms with E-state index < -0.39 is 28.1 Å². The van der Waals surface area contributed by atoms with Crippen molar-refractivity contribution in [1.82, 2.24) is 15.1 Å². The van der Waals surface area contributed by atoms with Gasteiger partial charge in [-0.05, 0) is 73.9 Å². The van der Waals surface area contributed by atoms with E-state index in [1.165, 1.54) is 6.07 Å². The highest BCUT2D eigenvalue weighted by molar-refractivity contribution is 7.16. The van der Waals surface area contributed by atoms with Crippen molar-refractivity contribution >= 4 is 34.5 Å². The summed E-state index contributed by atoms with van der Waals surface area (Å²) in [6, 6.07) is 10.6. The van der Waals surface area contributed by atoms with Gasteiger partial charge in [0, 0.05) is 60.5 Å². The van der Waals surface area contributed by atoms with Crippen molar-refractivity contribution in [2.75, 3.05) is 13.1 Å². The zero-order valence-electron chi connectivity index (χ0n) is 25.0. The SMILES string of the molecule is CC1(O)CCC(N2CC(CC(=O)CC(C)(C)c3cc(Cl)cc(C#N)c3)(CC(=O)c3nnc(-c4ccc(F)cc4F)s3)C2)CC1. The molecule has 2 aromatic carbocycles. The monoisotopic (exact) mass is 640 g/mol. The highest BCUT2D eigenvalue weighted by atomic mass is 35.5. The average Bonchev–Trinajstić information content (AvgIpc) is 3.41. The van der Waals surface area contributed by atoms with Gasteiger partial charge in [0.15, 0.2) is 15.8 Å². The summed E-state index contributed by atoms with van der Waals surface area (Å²) in [5.41, 5.74) is -0.583. The van der Waals surface area contributed by atoms with E-state index in [1.54, 1.807) is 18.2 Å². The Morgan fingerprint density at radius 1 is 1.14 bits per heavy atom. The van der Waals surface area contributed by atoms with Gasteiger partial charge in [-0.2, -0.15) is 5.26 Å². The van der Waals surface area contributed by atoms with E-state index in [4.69, 9.17) is 11.6 Å². The number of nitrogens with zero attached hydrogens (tertiary/aromatic N) is 4. The van der Waals surface area contributed by atoms with Gasteiger partial charge in [0.1, 0.15) is 17.4 Å². The fraction of sp³-hybridized carbons (Fsp3) is 0.485. The summed E-state index contributed by atoms with van der Waals surface area (Å²) < 4.78 is 27.7. The lowest BCUT2D eigenvalue weighted by Gasteiger charge is -2.54. The molecule has 44 heavy (non-hydrogen) atoms. The van der Waals surface area contributed by atoms with Gasteiger partial charge in [-0.15, -0.1) is 10.2 Å². The minimum Gasteiger partial charge on any atom is -0.390 e. The number of hydrogen-bond acceptors (Lipinski definition) is 8. The number of likely N-dealkylation sites (tertiary alicyclic amines) is 1. The molecule has 5 rings (SSSR count). The molecule has 1 N–H and O–H groups in total. The Labute approximate surface area is 264 Å². The van der Waals surface area contributed by atoms with Crippen molar-refractivity contribution in [1.29, 1.82) is 5.26 Å². The molecule has 232 valence electrons. The molecule has 0 spiro atoms. The van der Waals surface area contributed by atoms with Crippen LogP contribution in [0.1, 0.15) is 86.6 Å². The number of rotatable bonds is 10. The van der Waals surface area contributed by atoms with E-state index in [-0.39, 0.29) is 52.4 Å². The second kappa shape index (κ2) is 12.4. The van der Waals surface area contributed by atoms with Crippen LogP contribution in [-0.4, -0.2) is 56.5 Å². The summed E-state index contributed by atoms with van der Waals surface area (Å²) in [5.74, 6) is -1.77. The van der Waals surface area contributed by atoms with Crippen LogP contribution in [0.2, 0.25) is 5.02 Å². The lowest BCUT2D eigenvalue weighted by Crippen LogP contribution is -2.62. The van der Waals surface area contributed by atoms with Gasteiger partial charge in [0.25, 0.3) is 0 Å².